The van der Waals surface area contributed by atoms with Crippen LogP contribution in [0.1, 0.15) is 60.8 Å². The third kappa shape index (κ3) is 5.78. The molecule has 0 aromatic rings. The van der Waals surface area contributed by atoms with Crippen LogP contribution >= 0.6 is 0 Å². The van der Waals surface area contributed by atoms with Gasteiger partial charge in [-0.05, 0) is 40.0 Å². The van der Waals surface area contributed by atoms with E-state index < -0.39 is 23.1 Å². The molecule has 5 nitrogen and oxygen atoms in total. The Morgan fingerprint density at radius 2 is 1.54 bits per heavy atom. The Morgan fingerprint density at radius 3 is 1.96 bits per heavy atom. The smallest absolute Gasteiger partial charge is 0.315 e. The van der Waals surface area contributed by atoms with Gasteiger partial charge in [0.2, 0.25) is 5.78 Å². The number of hydrogen-bond acceptors (Lipinski definition) is 5. The van der Waals surface area contributed by atoms with Crippen LogP contribution in [-0.2, 0) is 23.8 Å². The molecule has 0 rings (SSSR count). The molecule has 0 spiro atoms. The second kappa shape index (κ2) is 11.3. The Balaban J connectivity index is 5.31. The predicted octanol–water partition coefficient (Wildman–Crippen LogP) is 4.26. The first kappa shape index (κ1) is 24.5. The molecule has 0 amide bonds. The van der Waals surface area contributed by atoms with Crippen LogP contribution in [0.2, 0.25) is 0 Å². The van der Waals surface area contributed by atoms with Gasteiger partial charge in [-0.3, -0.25) is 9.59 Å². The van der Waals surface area contributed by atoms with Crippen molar-refractivity contribution in [2.45, 2.75) is 78.6 Å². The van der Waals surface area contributed by atoms with Crippen molar-refractivity contribution in [2.75, 3.05) is 13.2 Å². The molecule has 0 N–H and O–H groups in total. The summed E-state index contributed by atoms with van der Waals surface area (Å²) in [6.07, 6.45) is 3.58. The van der Waals surface area contributed by atoms with Gasteiger partial charge in [0.05, 0.1) is 24.7 Å². The summed E-state index contributed by atoms with van der Waals surface area (Å²) in [6, 6.07) is 0. The molecule has 0 saturated carbocycles. The van der Waals surface area contributed by atoms with E-state index in [-0.39, 0.29) is 18.5 Å². The molecule has 26 heavy (non-hydrogen) atoms. The highest BCUT2D eigenvalue weighted by molar-refractivity contribution is 5.92. The van der Waals surface area contributed by atoms with Crippen molar-refractivity contribution < 1.29 is 23.8 Å². The number of ketones is 1. The zero-order chi connectivity index (χ0) is 20.4. The number of rotatable bonds is 14. The van der Waals surface area contributed by atoms with Crippen LogP contribution in [0.4, 0.5) is 0 Å². The standard InChI is InChI=1S/C21H36O5/c1-9-14-24-17(7)21(12-4,13-5)19(23)26-16(6)18(22)20(8,11-3)25-15-10-2/h9-10,16-17H,1-2,11-15H2,3-8H3. The van der Waals surface area contributed by atoms with E-state index in [9.17, 15) is 9.59 Å². The van der Waals surface area contributed by atoms with Crippen molar-refractivity contribution in [3.05, 3.63) is 25.3 Å². The molecule has 0 aliphatic heterocycles. The van der Waals surface area contributed by atoms with Gasteiger partial charge in [-0.2, -0.15) is 0 Å². The molecule has 0 saturated heterocycles. The zero-order valence-electron chi connectivity index (χ0n) is 17.3. The summed E-state index contributed by atoms with van der Waals surface area (Å²) in [4.78, 5) is 25.7. The van der Waals surface area contributed by atoms with Crippen molar-refractivity contribution >= 4 is 11.8 Å². The van der Waals surface area contributed by atoms with Gasteiger partial charge < -0.3 is 14.2 Å². The SMILES string of the molecule is C=CCOC(C)C(CC)(CC)C(=O)OC(C)C(=O)C(C)(CC)OCC=C. The summed E-state index contributed by atoms with van der Waals surface area (Å²) in [5.74, 6) is -0.668. The Bertz CT molecular complexity index is 481. The fourth-order valence-corrected chi connectivity index (χ4v) is 3.00. The van der Waals surface area contributed by atoms with E-state index in [2.05, 4.69) is 13.2 Å². The lowest BCUT2D eigenvalue weighted by molar-refractivity contribution is -0.178. The van der Waals surface area contributed by atoms with E-state index in [0.717, 1.165) is 0 Å². The van der Waals surface area contributed by atoms with Gasteiger partial charge in [-0.1, -0.05) is 32.9 Å². The van der Waals surface area contributed by atoms with E-state index in [4.69, 9.17) is 14.2 Å². The molecule has 0 fully saturated rings. The molecule has 3 atom stereocenters. The average Bonchev–Trinajstić information content (AvgIpc) is 2.64. The highest BCUT2D eigenvalue weighted by Gasteiger charge is 2.45. The van der Waals surface area contributed by atoms with Gasteiger partial charge in [-0.25, -0.2) is 0 Å². The largest absolute Gasteiger partial charge is 0.454 e. The third-order valence-electron chi connectivity index (χ3n) is 5.28. The Labute approximate surface area is 158 Å². The molecule has 0 bridgehead atoms. The van der Waals surface area contributed by atoms with Gasteiger partial charge >= 0.3 is 5.97 Å². The summed E-state index contributed by atoms with van der Waals surface area (Å²) < 4.78 is 16.9. The quantitative estimate of drug-likeness (QED) is 0.339. The maximum absolute atomic E-state index is 12.9. The van der Waals surface area contributed by atoms with E-state index in [1.165, 1.54) is 0 Å². The molecule has 3 unspecified atom stereocenters. The second-order valence-electron chi connectivity index (χ2n) is 6.72. The van der Waals surface area contributed by atoms with Crippen LogP contribution in [0.3, 0.4) is 0 Å². The highest BCUT2D eigenvalue weighted by atomic mass is 16.6. The Kier molecular flexibility index (Phi) is 10.7. The molecule has 150 valence electrons. The van der Waals surface area contributed by atoms with E-state index >= 15 is 0 Å². The molecule has 0 radical (unpaired) electrons. The first-order valence-corrected chi connectivity index (χ1v) is 9.41. The average molecular weight is 369 g/mol. The van der Waals surface area contributed by atoms with E-state index in [0.29, 0.717) is 25.9 Å². The number of carbonyl (C=O) groups is 2. The van der Waals surface area contributed by atoms with Crippen molar-refractivity contribution in [3.8, 4) is 0 Å². The van der Waals surface area contributed by atoms with Gasteiger partial charge in [0.1, 0.15) is 5.60 Å². The molecule has 0 heterocycles. The Hall–Kier alpha value is -1.46. The van der Waals surface area contributed by atoms with Gasteiger partial charge in [0.25, 0.3) is 0 Å². The lowest BCUT2D eigenvalue weighted by Gasteiger charge is -2.36. The van der Waals surface area contributed by atoms with Crippen LogP contribution in [-0.4, -0.2) is 42.8 Å². The second-order valence-corrected chi connectivity index (χ2v) is 6.72. The summed E-state index contributed by atoms with van der Waals surface area (Å²) in [7, 11) is 0. The summed E-state index contributed by atoms with van der Waals surface area (Å²) in [5, 5.41) is 0. The monoisotopic (exact) mass is 368 g/mol. The minimum atomic E-state index is -1.01. The number of carbonyl (C=O) groups excluding carboxylic acids is 2. The van der Waals surface area contributed by atoms with Crippen molar-refractivity contribution in [2.24, 2.45) is 5.41 Å². The number of Topliss-reactive ketones (excluding diaryl/α,β-unsaturated/α-hetero) is 1. The molecule has 0 aliphatic carbocycles. The van der Waals surface area contributed by atoms with Crippen LogP contribution in [0.15, 0.2) is 25.3 Å². The highest BCUT2D eigenvalue weighted by Crippen LogP contribution is 2.35. The summed E-state index contributed by atoms with van der Waals surface area (Å²) in [6.45, 7) is 18.7. The fourth-order valence-electron chi connectivity index (χ4n) is 3.00. The molecule has 0 aromatic heterocycles. The zero-order valence-corrected chi connectivity index (χ0v) is 17.3. The van der Waals surface area contributed by atoms with Crippen LogP contribution in [0, 0.1) is 5.41 Å². The van der Waals surface area contributed by atoms with Crippen molar-refractivity contribution in [1.29, 1.82) is 0 Å². The number of ether oxygens (including phenoxy) is 3. The maximum atomic E-state index is 12.9. The maximum Gasteiger partial charge on any atom is 0.315 e. The Morgan fingerprint density at radius 1 is 1.00 bits per heavy atom. The molecule has 5 heteroatoms. The van der Waals surface area contributed by atoms with E-state index in [1.54, 1.807) is 26.0 Å². The fraction of sp³-hybridized carbons (Fsp3) is 0.714. The molecular weight excluding hydrogens is 332 g/mol. The third-order valence-corrected chi connectivity index (χ3v) is 5.28. The van der Waals surface area contributed by atoms with Crippen molar-refractivity contribution in [1.82, 2.24) is 0 Å². The number of hydrogen-bond donors (Lipinski definition) is 0. The lowest BCUT2D eigenvalue weighted by atomic mass is 9.77. The van der Waals surface area contributed by atoms with Crippen LogP contribution < -0.4 is 0 Å². The molecule has 0 aromatic carbocycles. The summed E-state index contributed by atoms with van der Waals surface area (Å²) in [5.41, 5.74) is -1.82. The lowest BCUT2D eigenvalue weighted by Crippen LogP contribution is -2.49. The minimum Gasteiger partial charge on any atom is -0.454 e. The van der Waals surface area contributed by atoms with Gasteiger partial charge in [0, 0.05) is 0 Å². The topological polar surface area (TPSA) is 61.8 Å². The molecule has 0 aliphatic rings. The minimum absolute atomic E-state index is 0.254. The summed E-state index contributed by atoms with van der Waals surface area (Å²) >= 11 is 0. The first-order chi connectivity index (χ1) is 12.2. The normalized spacial score (nSPS) is 16.2. The predicted molar refractivity (Wildman–Crippen MR) is 104 cm³/mol. The van der Waals surface area contributed by atoms with Gasteiger partial charge in [0.15, 0.2) is 6.10 Å². The first-order valence-electron chi connectivity index (χ1n) is 9.41. The van der Waals surface area contributed by atoms with Gasteiger partial charge in [-0.15, -0.1) is 13.2 Å². The van der Waals surface area contributed by atoms with E-state index in [1.807, 2.05) is 27.7 Å². The number of esters is 1. The van der Waals surface area contributed by atoms with Crippen LogP contribution in [0.25, 0.3) is 0 Å². The van der Waals surface area contributed by atoms with Crippen molar-refractivity contribution in [3.63, 3.8) is 0 Å². The molecular formula is C21H36O5. The van der Waals surface area contributed by atoms with Crippen LogP contribution in [0.5, 0.6) is 0 Å².